The summed E-state index contributed by atoms with van der Waals surface area (Å²) < 4.78 is 9.47. The van der Waals surface area contributed by atoms with E-state index in [9.17, 15) is 15.4 Å². The minimum atomic E-state index is -0.783. The van der Waals surface area contributed by atoms with Gasteiger partial charge in [-0.2, -0.15) is 0 Å². The standard InChI is InChI=1S/C22H31N8O4/c1-21(2)6-12(7-22(3,4)30(21)33)29-9-14(26-27-29)13-8-28(17-5-15(32)16(10-31)34-17)20-18(13)19(23)24-11-25-20/h8-9,11-12,15-17,31-32H,5-7,10H2,1-4H3,(H2,23,24,25)/t15-,16+,17+/m0/s1. The lowest BCUT2D eigenvalue weighted by atomic mass is 9.79. The molecule has 4 N–H and O–H groups in total. The van der Waals surface area contributed by atoms with Crippen LogP contribution in [0.5, 0.6) is 0 Å². The van der Waals surface area contributed by atoms with Crippen molar-refractivity contribution in [1.82, 2.24) is 34.6 Å². The fourth-order valence-electron chi connectivity index (χ4n) is 5.55. The molecule has 0 aromatic carbocycles. The van der Waals surface area contributed by atoms with Crippen molar-refractivity contribution in [2.24, 2.45) is 0 Å². The third-order valence-corrected chi connectivity index (χ3v) is 7.06. The Morgan fingerprint density at radius 1 is 1.18 bits per heavy atom. The minimum absolute atomic E-state index is 0.0111. The van der Waals surface area contributed by atoms with Crippen molar-refractivity contribution in [1.29, 1.82) is 0 Å². The monoisotopic (exact) mass is 471 g/mol. The first-order valence-corrected chi connectivity index (χ1v) is 11.5. The van der Waals surface area contributed by atoms with Gasteiger partial charge in [0.25, 0.3) is 0 Å². The highest BCUT2D eigenvalue weighted by Crippen LogP contribution is 2.43. The first kappa shape index (κ1) is 23.1. The number of hydrogen-bond donors (Lipinski definition) is 3. The van der Waals surface area contributed by atoms with Crippen LogP contribution in [0.4, 0.5) is 5.82 Å². The molecule has 34 heavy (non-hydrogen) atoms. The van der Waals surface area contributed by atoms with E-state index in [0.29, 0.717) is 47.4 Å². The molecule has 1 radical (unpaired) electrons. The molecule has 2 aliphatic rings. The first-order valence-electron chi connectivity index (χ1n) is 11.5. The zero-order valence-corrected chi connectivity index (χ0v) is 19.8. The van der Waals surface area contributed by atoms with Gasteiger partial charge in [0.1, 0.15) is 35.8 Å². The highest BCUT2D eigenvalue weighted by Gasteiger charge is 2.47. The molecule has 0 unspecified atom stereocenters. The van der Waals surface area contributed by atoms with Crippen molar-refractivity contribution in [3.63, 3.8) is 0 Å². The van der Waals surface area contributed by atoms with Gasteiger partial charge in [0, 0.05) is 29.3 Å². The summed E-state index contributed by atoms with van der Waals surface area (Å²) in [5.74, 6) is 0.299. The summed E-state index contributed by atoms with van der Waals surface area (Å²) in [4.78, 5) is 8.55. The number of ether oxygens (including phenoxy) is 1. The largest absolute Gasteiger partial charge is 0.394 e. The molecule has 0 amide bonds. The molecule has 2 fully saturated rings. The predicted molar refractivity (Wildman–Crippen MR) is 122 cm³/mol. The number of nitrogens with zero attached hydrogens (tertiary/aromatic N) is 7. The fourth-order valence-corrected chi connectivity index (χ4v) is 5.55. The van der Waals surface area contributed by atoms with Crippen LogP contribution in [-0.4, -0.2) is 74.7 Å². The maximum atomic E-state index is 12.7. The molecule has 0 aliphatic carbocycles. The lowest BCUT2D eigenvalue weighted by molar-refractivity contribution is -0.293. The molecule has 12 heteroatoms. The van der Waals surface area contributed by atoms with Crippen molar-refractivity contribution in [3.05, 3.63) is 18.7 Å². The number of rotatable bonds is 4. The van der Waals surface area contributed by atoms with Gasteiger partial charge in [-0.1, -0.05) is 5.21 Å². The van der Waals surface area contributed by atoms with E-state index >= 15 is 0 Å². The molecule has 3 aromatic rings. The Morgan fingerprint density at radius 3 is 2.53 bits per heavy atom. The van der Waals surface area contributed by atoms with E-state index in [1.807, 2.05) is 44.8 Å². The van der Waals surface area contributed by atoms with Gasteiger partial charge in [0.2, 0.25) is 0 Å². The van der Waals surface area contributed by atoms with Crippen LogP contribution in [0.15, 0.2) is 18.7 Å². The van der Waals surface area contributed by atoms with Crippen molar-refractivity contribution in [3.8, 4) is 11.3 Å². The molecule has 3 atom stereocenters. The molecule has 2 aliphatic heterocycles. The summed E-state index contributed by atoms with van der Waals surface area (Å²) in [6.07, 6.45) is 4.71. The molecule has 2 saturated heterocycles. The van der Waals surface area contributed by atoms with Crippen LogP contribution in [0.2, 0.25) is 0 Å². The number of aliphatic hydroxyl groups is 2. The van der Waals surface area contributed by atoms with Gasteiger partial charge in [-0.3, -0.25) is 0 Å². The summed E-state index contributed by atoms with van der Waals surface area (Å²) in [7, 11) is 0. The Morgan fingerprint density at radius 2 is 1.88 bits per heavy atom. The van der Waals surface area contributed by atoms with Gasteiger partial charge in [-0.05, 0) is 40.5 Å². The second-order valence-electron chi connectivity index (χ2n) is 10.6. The average molecular weight is 472 g/mol. The number of aliphatic hydroxyl groups excluding tert-OH is 2. The molecule has 183 valence electrons. The molecule has 3 aromatic heterocycles. The zero-order chi connectivity index (χ0) is 24.4. The highest BCUT2D eigenvalue weighted by molar-refractivity contribution is 5.99. The van der Waals surface area contributed by atoms with Gasteiger partial charge in [-0.15, -0.1) is 15.4 Å². The summed E-state index contributed by atoms with van der Waals surface area (Å²) in [5, 5.41) is 43.1. The van der Waals surface area contributed by atoms with Crippen molar-refractivity contribution in [2.45, 2.75) is 82.5 Å². The Hall–Kier alpha value is -2.64. The van der Waals surface area contributed by atoms with Crippen molar-refractivity contribution >= 4 is 16.9 Å². The van der Waals surface area contributed by atoms with Gasteiger partial charge in [0.15, 0.2) is 0 Å². The number of nitrogens with two attached hydrogens (primary N) is 1. The number of anilines is 1. The molecule has 0 bridgehead atoms. The molecular weight excluding hydrogens is 440 g/mol. The number of piperidine rings is 1. The second kappa shape index (κ2) is 7.95. The van der Waals surface area contributed by atoms with Crippen LogP contribution in [0.1, 0.15) is 59.2 Å². The van der Waals surface area contributed by atoms with Crippen LogP contribution < -0.4 is 5.73 Å². The van der Waals surface area contributed by atoms with E-state index in [2.05, 4.69) is 20.3 Å². The lowest BCUT2D eigenvalue weighted by Gasteiger charge is -2.49. The van der Waals surface area contributed by atoms with E-state index in [1.165, 1.54) is 11.4 Å². The number of hydrogen-bond acceptors (Lipinski definition) is 9. The molecule has 5 heterocycles. The topological polar surface area (TPSA) is 160 Å². The Kier molecular flexibility index (Phi) is 5.41. The Labute approximate surface area is 196 Å². The second-order valence-corrected chi connectivity index (χ2v) is 10.6. The molecular formula is C22H31N8O4. The van der Waals surface area contributed by atoms with Gasteiger partial charge in [0.05, 0.1) is 30.3 Å². The third-order valence-electron chi connectivity index (χ3n) is 7.06. The quantitative estimate of drug-likeness (QED) is 0.511. The Bertz CT molecular complexity index is 1190. The molecule has 0 saturated carbocycles. The van der Waals surface area contributed by atoms with E-state index in [4.69, 9.17) is 10.5 Å². The zero-order valence-electron chi connectivity index (χ0n) is 19.8. The highest BCUT2D eigenvalue weighted by atomic mass is 16.5. The third kappa shape index (κ3) is 3.66. The molecule has 12 nitrogen and oxygen atoms in total. The van der Waals surface area contributed by atoms with E-state index in [-0.39, 0.29) is 12.6 Å². The lowest BCUT2D eigenvalue weighted by Crippen LogP contribution is -2.58. The van der Waals surface area contributed by atoms with Crippen LogP contribution in [0, 0.1) is 0 Å². The fraction of sp³-hybridized carbons (Fsp3) is 0.636. The maximum absolute atomic E-state index is 12.7. The SMILES string of the molecule is CC1(C)CC(n2cc(-c3cn([C@H]4C[C@H](O)[C@@H](CO)O4)c4ncnc(N)c34)nn2)CC(C)(C)N1[O]. The maximum Gasteiger partial charge on any atom is 0.148 e. The van der Waals surface area contributed by atoms with Crippen LogP contribution >= 0.6 is 0 Å². The molecule has 5 rings (SSSR count). The van der Waals surface area contributed by atoms with Crippen LogP contribution in [0.3, 0.4) is 0 Å². The first-order chi connectivity index (χ1) is 16.0. The van der Waals surface area contributed by atoms with Crippen LogP contribution in [0.25, 0.3) is 22.3 Å². The van der Waals surface area contributed by atoms with Gasteiger partial charge in [-0.25, -0.2) is 14.6 Å². The summed E-state index contributed by atoms with van der Waals surface area (Å²) >= 11 is 0. The number of fused-ring (bicyclic) bond motifs is 1. The van der Waals surface area contributed by atoms with Crippen LogP contribution in [-0.2, 0) is 9.94 Å². The Balaban J connectivity index is 1.53. The summed E-state index contributed by atoms with van der Waals surface area (Å²) in [5.41, 5.74) is 7.02. The predicted octanol–water partition coefficient (Wildman–Crippen LogP) is 1.45. The van der Waals surface area contributed by atoms with E-state index in [0.717, 1.165) is 0 Å². The summed E-state index contributed by atoms with van der Waals surface area (Å²) in [6, 6.07) is 0.0111. The average Bonchev–Trinajstić information content (AvgIpc) is 3.48. The van der Waals surface area contributed by atoms with Gasteiger partial charge < -0.3 is 25.3 Å². The summed E-state index contributed by atoms with van der Waals surface area (Å²) in [6.45, 7) is 7.53. The van der Waals surface area contributed by atoms with Gasteiger partial charge >= 0.3 is 0 Å². The van der Waals surface area contributed by atoms with Crippen molar-refractivity contribution < 1.29 is 20.2 Å². The number of nitrogen functional groups attached to an aromatic ring is 1. The van der Waals surface area contributed by atoms with Crippen molar-refractivity contribution in [2.75, 3.05) is 12.3 Å². The number of hydroxylamine groups is 2. The van der Waals surface area contributed by atoms with E-state index in [1.54, 1.807) is 4.57 Å². The normalized spacial score (nSPS) is 27.6. The smallest absolute Gasteiger partial charge is 0.148 e. The minimum Gasteiger partial charge on any atom is -0.394 e. The molecule has 0 spiro atoms. The van der Waals surface area contributed by atoms with E-state index < -0.39 is 29.5 Å². The number of aromatic nitrogens is 6.